The van der Waals surface area contributed by atoms with Gasteiger partial charge in [0.05, 0.1) is 5.56 Å². The average molecular weight is 341 g/mol. The van der Waals surface area contributed by atoms with E-state index in [0.717, 1.165) is 5.56 Å². The van der Waals surface area contributed by atoms with Gasteiger partial charge in [-0.05, 0) is 38.1 Å². The summed E-state index contributed by atoms with van der Waals surface area (Å²) >= 11 is 6.02. The Kier molecular flexibility index (Phi) is 4.08. The Morgan fingerprint density at radius 1 is 1.04 bits per heavy atom. The molecule has 0 amide bonds. The van der Waals surface area contributed by atoms with Crippen molar-refractivity contribution in [2.45, 2.75) is 13.8 Å². The SMILES string of the molecule is CC(=O)c1c(C(=O)c2cccc(C)c2)c2cc(Cl)ccc2oc1=O. The number of fused-ring (bicyclic) bond motifs is 1. The third-order valence-corrected chi connectivity index (χ3v) is 3.96. The van der Waals surface area contributed by atoms with Crippen molar-refractivity contribution in [3.05, 3.63) is 80.2 Å². The first-order chi connectivity index (χ1) is 11.4. The number of hydrogen-bond donors (Lipinski definition) is 0. The minimum Gasteiger partial charge on any atom is -0.422 e. The number of ketones is 2. The predicted octanol–water partition coefficient (Wildman–Crippen LogP) is 4.19. The lowest BCUT2D eigenvalue weighted by atomic mass is 9.94. The number of Topliss-reactive ketones (excluding diaryl/α,β-unsaturated/α-hetero) is 1. The third-order valence-electron chi connectivity index (χ3n) is 3.73. The molecule has 1 heterocycles. The van der Waals surface area contributed by atoms with Crippen LogP contribution in [0.15, 0.2) is 51.7 Å². The van der Waals surface area contributed by atoms with Gasteiger partial charge in [-0.1, -0.05) is 35.4 Å². The van der Waals surface area contributed by atoms with Gasteiger partial charge < -0.3 is 4.42 Å². The summed E-state index contributed by atoms with van der Waals surface area (Å²) in [7, 11) is 0. The van der Waals surface area contributed by atoms with Crippen molar-refractivity contribution in [3.8, 4) is 0 Å². The molecule has 0 spiro atoms. The molecule has 0 fully saturated rings. The lowest BCUT2D eigenvalue weighted by Crippen LogP contribution is -2.19. The molecular formula is C19H13ClO4. The van der Waals surface area contributed by atoms with Crippen LogP contribution in [0.4, 0.5) is 0 Å². The van der Waals surface area contributed by atoms with Crippen LogP contribution in [-0.4, -0.2) is 11.6 Å². The van der Waals surface area contributed by atoms with E-state index in [1.54, 1.807) is 24.3 Å². The Balaban J connectivity index is 2.41. The summed E-state index contributed by atoms with van der Waals surface area (Å²) in [5, 5.41) is 0.725. The van der Waals surface area contributed by atoms with Gasteiger partial charge in [0.25, 0.3) is 0 Å². The highest BCUT2D eigenvalue weighted by Crippen LogP contribution is 2.26. The van der Waals surface area contributed by atoms with Crippen LogP contribution in [0.1, 0.15) is 38.8 Å². The summed E-state index contributed by atoms with van der Waals surface area (Å²) in [5.74, 6) is -0.939. The standard InChI is InChI=1S/C19H13ClO4/c1-10-4-3-5-12(8-10)18(22)17-14-9-13(20)6-7-15(14)24-19(23)16(17)11(2)21/h3-9H,1-2H3. The molecule has 0 saturated carbocycles. The van der Waals surface area contributed by atoms with Crippen molar-refractivity contribution >= 4 is 34.1 Å². The molecule has 0 aliphatic rings. The monoisotopic (exact) mass is 340 g/mol. The van der Waals surface area contributed by atoms with E-state index >= 15 is 0 Å². The Bertz CT molecular complexity index is 1050. The van der Waals surface area contributed by atoms with E-state index in [2.05, 4.69) is 0 Å². The van der Waals surface area contributed by atoms with Crippen molar-refractivity contribution in [2.75, 3.05) is 0 Å². The van der Waals surface area contributed by atoms with E-state index in [0.29, 0.717) is 16.0 Å². The van der Waals surface area contributed by atoms with E-state index in [1.165, 1.54) is 19.1 Å². The molecule has 0 N–H and O–H groups in total. The number of aryl methyl sites for hydroxylation is 1. The Labute approximate surface area is 142 Å². The fourth-order valence-corrected chi connectivity index (χ4v) is 2.83. The van der Waals surface area contributed by atoms with E-state index in [1.807, 2.05) is 13.0 Å². The van der Waals surface area contributed by atoms with E-state index in [4.69, 9.17) is 16.0 Å². The molecule has 3 rings (SSSR count). The first kappa shape index (κ1) is 16.1. The minimum atomic E-state index is -0.826. The molecule has 0 unspecified atom stereocenters. The molecule has 0 atom stereocenters. The van der Waals surface area contributed by atoms with Crippen molar-refractivity contribution in [2.24, 2.45) is 0 Å². The van der Waals surface area contributed by atoms with Gasteiger partial charge in [-0.15, -0.1) is 0 Å². The van der Waals surface area contributed by atoms with Crippen LogP contribution in [0.5, 0.6) is 0 Å². The van der Waals surface area contributed by atoms with Gasteiger partial charge in [-0.25, -0.2) is 4.79 Å². The number of benzene rings is 2. The normalized spacial score (nSPS) is 10.8. The summed E-state index contributed by atoms with van der Waals surface area (Å²) < 4.78 is 5.17. The second-order valence-electron chi connectivity index (χ2n) is 5.53. The molecule has 3 aromatic rings. The summed E-state index contributed by atoms with van der Waals surface area (Å²) in [4.78, 5) is 37.2. The van der Waals surface area contributed by atoms with Gasteiger partial charge in [0, 0.05) is 16.0 Å². The molecule has 0 saturated heterocycles. The Morgan fingerprint density at radius 2 is 1.79 bits per heavy atom. The molecule has 0 aliphatic heterocycles. The highest BCUT2D eigenvalue weighted by Gasteiger charge is 2.24. The molecule has 24 heavy (non-hydrogen) atoms. The van der Waals surface area contributed by atoms with Crippen LogP contribution in [0.25, 0.3) is 11.0 Å². The fourth-order valence-electron chi connectivity index (χ4n) is 2.66. The number of carbonyl (C=O) groups excluding carboxylic acids is 2. The lowest BCUT2D eigenvalue weighted by Gasteiger charge is -2.10. The van der Waals surface area contributed by atoms with Gasteiger partial charge in [0.15, 0.2) is 11.6 Å². The van der Waals surface area contributed by atoms with E-state index < -0.39 is 17.2 Å². The second-order valence-corrected chi connectivity index (χ2v) is 5.97. The molecule has 0 radical (unpaired) electrons. The Hall–Kier alpha value is -2.72. The molecule has 120 valence electrons. The largest absolute Gasteiger partial charge is 0.422 e. The van der Waals surface area contributed by atoms with Crippen molar-refractivity contribution in [1.29, 1.82) is 0 Å². The summed E-state index contributed by atoms with van der Waals surface area (Å²) in [6.45, 7) is 3.09. The average Bonchev–Trinajstić information content (AvgIpc) is 2.53. The zero-order valence-electron chi connectivity index (χ0n) is 13.1. The van der Waals surface area contributed by atoms with Gasteiger partial charge in [-0.3, -0.25) is 9.59 Å². The van der Waals surface area contributed by atoms with Crippen molar-refractivity contribution in [1.82, 2.24) is 0 Å². The number of hydrogen-bond acceptors (Lipinski definition) is 4. The van der Waals surface area contributed by atoms with Crippen LogP contribution in [-0.2, 0) is 0 Å². The predicted molar refractivity (Wildman–Crippen MR) is 92.1 cm³/mol. The lowest BCUT2D eigenvalue weighted by molar-refractivity contribution is 0.0987. The van der Waals surface area contributed by atoms with E-state index in [9.17, 15) is 14.4 Å². The number of halogens is 1. The molecule has 1 aromatic heterocycles. The van der Waals surface area contributed by atoms with Gasteiger partial charge in [-0.2, -0.15) is 0 Å². The van der Waals surface area contributed by atoms with Crippen LogP contribution in [0, 0.1) is 6.92 Å². The highest BCUT2D eigenvalue weighted by atomic mass is 35.5. The third kappa shape index (κ3) is 2.76. The molecule has 0 aliphatic carbocycles. The molecule has 0 bridgehead atoms. The topological polar surface area (TPSA) is 64.3 Å². The van der Waals surface area contributed by atoms with Crippen molar-refractivity contribution < 1.29 is 14.0 Å². The highest BCUT2D eigenvalue weighted by molar-refractivity contribution is 6.32. The zero-order chi connectivity index (χ0) is 17.4. The molecule has 5 heteroatoms. The first-order valence-corrected chi connectivity index (χ1v) is 7.65. The first-order valence-electron chi connectivity index (χ1n) is 7.27. The van der Waals surface area contributed by atoms with Crippen molar-refractivity contribution in [3.63, 3.8) is 0 Å². The molecular weight excluding hydrogens is 328 g/mol. The second kappa shape index (κ2) is 6.06. The smallest absolute Gasteiger partial charge is 0.347 e. The van der Waals surface area contributed by atoms with E-state index in [-0.39, 0.29) is 16.7 Å². The van der Waals surface area contributed by atoms with Crippen LogP contribution in [0.3, 0.4) is 0 Å². The number of carbonyl (C=O) groups is 2. The summed E-state index contributed by atoms with van der Waals surface area (Å²) in [5.41, 5.74) is 0.455. The van der Waals surface area contributed by atoms with Gasteiger partial charge >= 0.3 is 5.63 Å². The fraction of sp³-hybridized carbons (Fsp3) is 0.105. The van der Waals surface area contributed by atoms with Crippen LogP contribution < -0.4 is 5.63 Å². The van der Waals surface area contributed by atoms with Gasteiger partial charge in [0.2, 0.25) is 0 Å². The Morgan fingerprint density at radius 3 is 2.46 bits per heavy atom. The minimum absolute atomic E-state index is 0.0295. The maximum atomic E-state index is 13.0. The van der Waals surface area contributed by atoms with Gasteiger partial charge in [0.1, 0.15) is 11.1 Å². The van der Waals surface area contributed by atoms with Crippen LogP contribution in [0.2, 0.25) is 5.02 Å². The molecule has 4 nitrogen and oxygen atoms in total. The van der Waals surface area contributed by atoms with Crippen LogP contribution >= 0.6 is 11.6 Å². The summed E-state index contributed by atoms with van der Waals surface area (Å²) in [6.07, 6.45) is 0. The summed E-state index contributed by atoms with van der Waals surface area (Å²) in [6, 6.07) is 11.5. The zero-order valence-corrected chi connectivity index (χ0v) is 13.8. The maximum absolute atomic E-state index is 13.0. The quantitative estimate of drug-likeness (QED) is 0.529. The molecule has 2 aromatic carbocycles. The number of rotatable bonds is 3. The maximum Gasteiger partial charge on any atom is 0.347 e.